The molecule has 1 saturated heterocycles. The van der Waals surface area contributed by atoms with Gasteiger partial charge in [0.15, 0.2) is 9.84 Å². The smallest absolute Gasteiger partial charge is 0.228 e. The third kappa shape index (κ3) is 3.70. The van der Waals surface area contributed by atoms with E-state index in [4.69, 9.17) is 0 Å². The van der Waals surface area contributed by atoms with Crippen LogP contribution in [0.2, 0.25) is 0 Å². The number of sulfonamides is 1. The van der Waals surface area contributed by atoms with Gasteiger partial charge in [-0.25, -0.2) is 16.8 Å². The minimum atomic E-state index is -4.82. The van der Waals surface area contributed by atoms with Gasteiger partial charge >= 0.3 is 6.18 Å². The fourth-order valence-corrected chi connectivity index (χ4v) is 6.33. The average molecular weight is 399 g/mol. The molecule has 1 aromatic carbocycles. The maximum Gasteiger partial charge on any atom is 0.417 e. The Morgan fingerprint density at radius 2 is 1.60 bits per heavy atom. The summed E-state index contributed by atoms with van der Waals surface area (Å²) >= 11 is 0. The van der Waals surface area contributed by atoms with Crippen LogP contribution in [0.15, 0.2) is 29.2 Å². The quantitative estimate of drug-likeness (QED) is 0.784. The number of alkyl halides is 3. The van der Waals surface area contributed by atoms with E-state index in [1.54, 1.807) is 0 Å². The van der Waals surface area contributed by atoms with Crippen LogP contribution in [0.1, 0.15) is 32.8 Å². The van der Waals surface area contributed by atoms with Crippen molar-refractivity contribution in [3.63, 3.8) is 0 Å². The Morgan fingerprint density at radius 1 is 1.04 bits per heavy atom. The van der Waals surface area contributed by atoms with Crippen LogP contribution in [0.5, 0.6) is 0 Å². The predicted molar refractivity (Wildman–Crippen MR) is 87.3 cm³/mol. The number of hydrogen-bond acceptors (Lipinski definition) is 4. The van der Waals surface area contributed by atoms with Gasteiger partial charge in [0.25, 0.3) is 0 Å². The zero-order valence-corrected chi connectivity index (χ0v) is 15.7. The van der Waals surface area contributed by atoms with Gasteiger partial charge in [0.2, 0.25) is 10.0 Å². The van der Waals surface area contributed by atoms with Gasteiger partial charge < -0.3 is 0 Å². The summed E-state index contributed by atoms with van der Waals surface area (Å²) in [5.41, 5.74) is -1.25. The van der Waals surface area contributed by atoms with Crippen LogP contribution in [-0.2, 0) is 26.0 Å². The highest BCUT2D eigenvalue weighted by atomic mass is 32.2. The summed E-state index contributed by atoms with van der Waals surface area (Å²) in [6, 6.07) is 3.91. The molecule has 1 aromatic rings. The highest BCUT2D eigenvalue weighted by Gasteiger charge is 2.45. The second-order valence-corrected chi connectivity index (χ2v) is 11.8. The topological polar surface area (TPSA) is 71.5 Å². The summed E-state index contributed by atoms with van der Waals surface area (Å²) < 4.78 is 89.4. The maximum atomic E-state index is 13.1. The normalized spacial score (nSPS) is 20.8. The van der Waals surface area contributed by atoms with Crippen molar-refractivity contribution in [1.82, 2.24) is 4.31 Å². The van der Waals surface area contributed by atoms with Crippen molar-refractivity contribution in [2.45, 2.75) is 48.3 Å². The van der Waals surface area contributed by atoms with Crippen LogP contribution in [-0.4, -0.2) is 44.2 Å². The summed E-state index contributed by atoms with van der Waals surface area (Å²) in [7, 11) is -8.06. The van der Waals surface area contributed by atoms with Gasteiger partial charge in [-0.15, -0.1) is 0 Å². The van der Waals surface area contributed by atoms with E-state index >= 15 is 0 Å². The molecular formula is C15H20F3NO4S2. The number of hydrogen-bond donors (Lipinski definition) is 0. The Kier molecular flexibility index (Phi) is 5.04. The van der Waals surface area contributed by atoms with E-state index in [1.807, 2.05) is 0 Å². The van der Waals surface area contributed by atoms with Crippen molar-refractivity contribution in [3.8, 4) is 0 Å². The zero-order valence-electron chi connectivity index (χ0n) is 14.0. The van der Waals surface area contributed by atoms with E-state index in [9.17, 15) is 30.0 Å². The Morgan fingerprint density at radius 3 is 2.12 bits per heavy atom. The SMILES string of the molecule is CC(C)(C)S(=O)(=O)[C@H]1CCN(S(=O)(=O)c2ccccc2C(F)(F)F)C1. The van der Waals surface area contributed by atoms with E-state index in [0.717, 1.165) is 16.4 Å². The highest BCUT2D eigenvalue weighted by molar-refractivity contribution is 7.93. The van der Waals surface area contributed by atoms with Crippen LogP contribution in [0.4, 0.5) is 13.2 Å². The lowest BCUT2D eigenvalue weighted by atomic mass is 10.2. The van der Waals surface area contributed by atoms with E-state index in [1.165, 1.54) is 26.8 Å². The standard InChI is InChI=1S/C15H20F3NO4S2/c1-14(2,3)24(20,21)11-8-9-19(10-11)25(22,23)13-7-5-4-6-12(13)15(16,17)18/h4-7,11H,8-10H2,1-3H3/t11-/m0/s1. The molecule has 1 heterocycles. The molecule has 25 heavy (non-hydrogen) atoms. The molecule has 0 unspecified atom stereocenters. The molecule has 10 heteroatoms. The molecule has 0 saturated carbocycles. The first-order chi connectivity index (χ1) is 11.2. The van der Waals surface area contributed by atoms with Gasteiger partial charge in [-0.05, 0) is 39.3 Å². The highest BCUT2D eigenvalue weighted by Crippen LogP contribution is 2.37. The maximum absolute atomic E-state index is 13.1. The number of halogens is 3. The molecule has 5 nitrogen and oxygen atoms in total. The first-order valence-corrected chi connectivity index (χ1v) is 10.6. The van der Waals surface area contributed by atoms with E-state index < -0.39 is 46.5 Å². The first-order valence-electron chi connectivity index (χ1n) is 7.59. The molecular weight excluding hydrogens is 379 g/mol. The third-order valence-corrected chi connectivity index (χ3v) is 9.10. The molecule has 0 aromatic heterocycles. The van der Waals surface area contributed by atoms with Gasteiger partial charge in [-0.3, -0.25) is 0 Å². The fourth-order valence-electron chi connectivity index (χ4n) is 2.73. The minimum Gasteiger partial charge on any atom is -0.228 e. The Hall–Kier alpha value is -1.13. The van der Waals surface area contributed by atoms with Crippen molar-refractivity contribution in [3.05, 3.63) is 29.8 Å². The van der Waals surface area contributed by atoms with Gasteiger partial charge in [-0.1, -0.05) is 12.1 Å². The van der Waals surface area contributed by atoms with E-state index in [0.29, 0.717) is 6.07 Å². The van der Waals surface area contributed by atoms with Crippen LogP contribution >= 0.6 is 0 Å². The number of nitrogens with zero attached hydrogens (tertiary/aromatic N) is 1. The number of sulfone groups is 1. The molecule has 0 bridgehead atoms. The summed E-state index contributed by atoms with van der Waals surface area (Å²) in [5.74, 6) is 0. The van der Waals surface area contributed by atoms with E-state index in [-0.39, 0.29) is 19.5 Å². The molecule has 1 fully saturated rings. The Balaban J connectivity index is 2.39. The summed E-state index contributed by atoms with van der Waals surface area (Å²) in [6.45, 7) is 4.07. The summed E-state index contributed by atoms with van der Waals surface area (Å²) in [6.07, 6.45) is -4.76. The second-order valence-electron chi connectivity index (χ2n) is 6.93. The Bertz CT molecular complexity index is 855. The first kappa shape index (κ1) is 20.2. The molecule has 0 radical (unpaired) electrons. The minimum absolute atomic E-state index is 0.0625. The second kappa shape index (κ2) is 6.24. The molecule has 142 valence electrons. The van der Waals surface area contributed by atoms with Crippen LogP contribution in [0.25, 0.3) is 0 Å². The van der Waals surface area contributed by atoms with Crippen molar-refractivity contribution < 1.29 is 30.0 Å². The molecule has 1 aliphatic heterocycles. The van der Waals surface area contributed by atoms with Crippen molar-refractivity contribution in [2.75, 3.05) is 13.1 Å². The van der Waals surface area contributed by atoms with Gasteiger partial charge in [0.05, 0.1) is 20.5 Å². The molecule has 2 rings (SSSR count). The number of benzene rings is 1. The molecule has 0 aliphatic carbocycles. The largest absolute Gasteiger partial charge is 0.417 e. The van der Waals surface area contributed by atoms with Gasteiger partial charge in [0, 0.05) is 13.1 Å². The molecule has 0 N–H and O–H groups in total. The predicted octanol–water partition coefficient (Wildman–Crippen LogP) is 2.68. The fraction of sp³-hybridized carbons (Fsp3) is 0.600. The monoisotopic (exact) mass is 399 g/mol. The lowest BCUT2D eigenvalue weighted by Gasteiger charge is -2.24. The van der Waals surface area contributed by atoms with E-state index in [2.05, 4.69) is 0 Å². The van der Waals surface area contributed by atoms with Crippen molar-refractivity contribution in [1.29, 1.82) is 0 Å². The third-order valence-electron chi connectivity index (χ3n) is 4.21. The average Bonchev–Trinajstić information content (AvgIpc) is 2.96. The summed E-state index contributed by atoms with van der Waals surface area (Å²) in [4.78, 5) is -0.851. The Labute approximate surface area is 145 Å². The lowest BCUT2D eigenvalue weighted by molar-refractivity contribution is -0.139. The van der Waals surface area contributed by atoms with Gasteiger partial charge in [-0.2, -0.15) is 17.5 Å². The molecule has 0 amide bonds. The molecule has 1 aliphatic rings. The van der Waals surface area contributed by atoms with Crippen LogP contribution in [0.3, 0.4) is 0 Å². The zero-order chi connectivity index (χ0) is 19.3. The van der Waals surface area contributed by atoms with Crippen molar-refractivity contribution in [2.24, 2.45) is 0 Å². The lowest BCUT2D eigenvalue weighted by Crippen LogP contribution is -2.40. The van der Waals surface area contributed by atoms with Crippen molar-refractivity contribution >= 4 is 19.9 Å². The molecule has 0 spiro atoms. The number of rotatable bonds is 3. The summed E-state index contributed by atoms with van der Waals surface area (Å²) in [5, 5.41) is -0.930. The van der Waals surface area contributed by atoms with Crippen LogP contribution < -0.4 is 0 Å². The van der Waals surface area contributed by atoms with Crippen LogP contribution in [0, 0.1) is 0 Å². The van der Waals surface area contributed by atoms with Gasteiger partial charge in [0.1, 0.15) is 0 Å². The molecule has 1 atom stereocenters.